The van der Waals surface area contributed by atoms with E-state index >= 15 is 0 Å². The van der Waals surface area contributed by atoms with Crippen molar-refractivity contribution in [2.45, 2.75) is 51.7 Å². The Kier molecular flexibility index (Phi) is 3.78. The first kappa shape index (κ1) is 15.8. The molecule has 1 atom stereocenters. The highest BCUT2D eigenvalue weighted by atomic mass is 16.4. The van der Waals surface area contributed by atoms with Crippen molar-refractivity contribution in [3.05, 3.63) is 46.5 Å². The maximum absolute atomic E-state index is 12.8. The van der Waals surface area contributed by atoms with Gasteiger partial charge in [-0.3, -0.25) is 4.79 Å². The molecule has 2 heterocycles. The number of fused-ring (bicyclic) bond motifs is 2. The number of carboxylic acids is 1. The van der Waals surface area contributed by atoms with Gasteiger partial charge in [-0.15, -0.1) is 10.2 Å². The number of hydrogen-bond donors (Lipinski definition) is 1. The van der Waals surface area contributed by atoms with Gasteiger partial charge in [0.25, 0.3) is 0 Å². The minimum atomic E-state index is -0.999. The number of carbonyl (C=O) groups excluding carboxylic acids is 1. The Balaban J connectivity index is 1.56. The molecule has 0 saturated carbocycles. The van der Waals surface area contributed by atoms with Crippen molar-refractivity contribution in [2.75, 3.05) is 0 Å². The van der Waals surface area contributed by atoms with Crippen LogP contribution in [0, 0.1) is 6.92 Å². The SMILES string of the molecule is Cc1nnc2n1CC(C(=O)O)N(C(=O)Cc1ccc3c(c1)CCC3)C2. The first-order valence-corrected chi connectivity index (χ1v) is 8.54. The molecule has 1 amide bonds. The zero-order chi connectivity index (χ0) is 17.6. The van der Waals surface area contributed by atoms with Crippen LogP contribution >= 0.6 is 0 Å². The second-order valence-electron chi connectivity index (χ2n) is 6.78. The van der Waals surface area contributed by atoms with Crippen molar-refractivity contribution in [1.29, 1.82) is 0 Å². The van der Waals surface area contributed by atoms with E-state index < -0.39 is 12.0 Å². The molecule has 0 fully saturated rings. The first-order chi connectivity index (χ1) is 12.0. The van der Waals surface area contributed by atoms with Gasteiger partial charge in [-0.05, 0) is 42.9 Å². The number of nitrogens with zero attached hydrogens (tertiary/aromatic N) is 4. The van der Waals surface area contributed by atoms with E-state index in [1.165, 1.54) is 16.0 Å². The molecule has 7 heteroatoms. The molecule has 25 heavy (non-hydrogen) atoms. The van der Waals surface area contributed by atoms with E-state index in [9.17, 15) is 14.7 Å². The molecule has 0 saturated heterocycles. The Morgan fingerprint density at radius 2 is 2.04 bits per heavy atom. The Labute approximate surface area is 145 Å². The topological polar surface area (TPSA) is 88.3 Å². The lowest BCUT2D eigenvalue weighted by Crippen LogP contribution is -2.51. The third-order valence-electron chi connectivity index (χ3n) is 5.18. The normalized spacial score (nSPS) is 18.8. The lowest BCUT2D eigenvalue weighted by molar-refractivity contribution is -0.152. The second kappa shape index (κ2) is 5.98. The van der Waals surface area contributed by atoms with Gasteiger partial charge in [0, 0.05) is 0 Å². The number of benzene rings is 1. The molecule has 1 aromatic carbocycles. The molecule has 4 rings (SSSR count). The third-order valence-corrected chi connectivity index (χ3v) is 5.18. The zero-order valence-corrected chi connectivity index (χ0v) is 14.1. The minimum absolute atomic E-state index is 0.182. The Hall–Kier alpha value is -2.70. The molecule has 2 aromatic rings. The maximum Gasteiger partial charge on any atom is 0.328 e. The quantitative estimate of drug-likeness (QED) is 0.904. The van der Waals surface area contributed by atoms with Crippen LogP contribution in [-0.4, -0.2) is 42.7 Å². The van der Waals surface area contributed by atoms with E-state index in [1.807, 2.05) is 6.07 Å². The summed E-state index contributed by atoms with van der Waals surface area (Å²) in [5.41, 5.74) is 3.62. The van der Waals surface area contributed by atoms with Gasteiger partial charge in [0.2, 0.25) is 5.91 Å². The zero-order valence-electron chi connectivity index (χ0n) is 14.1. The Morgan fingerprint density at radius 3 is 2.84 bits per heavy atom. The van der Waals surface area contributed by atoms with E-state index in [1.54, 1.807) is 11.5 Å². The van der Waals surface area contributed by atoms with Gasteiger partial charge < -0.3 is 14.6 Å². The number of carbonyl (C=O) groups is 2. The fourth-order valence-electron chi connectivity index (χ4n) is 3.80. The van der Waals surface area contributed by atoms with Crippen molar-refractivity contribution >= 4 is 11.9 Å². The number of hydrogen-bond acceptors (Lipinski definition) is 4. The fraction of sp³-hybridized carbons (Fsp3) is 0.444. The van der Waals surface area contributed by atoms with Crippen LogP contribution in [0.5, 0.6) is 0 Å². The van der Waals surface area contributed by atoms with Crippen molar-refractivity contribution in [1.82, 2.24) is 19.7 Å². The van der Waals surface area contributed by atoms with Crippen LogP contribution in [0.4, 0.5) is 0 Å². The number of amides is 1. The van der Waals surface area contributed by atoms with Gasteiger partial charge in [-0.1, -0.05) is 18.2 Å². The van der Waals surface area contributed by atoms with Gasteiger partial charge in [0.1, 0.15) is 11.9 Å². The van der Waals surface area contributed by atoms with Crippen LogP contribution < -0.4 is 0 Å². The predicted molar refractivity (Wildman–Crippen MR) is 88.9 cm³/mol. The molecular weight excluding hydrogens is 320 g/mol. The summed E-state index contributed by atoms with van der Waals surface area (Å²) in [5, 5.41) is 17.6. The van der Waals surface area contributed by atoms with Gasteiger partial charge >= 0.3 is 5.97 Å². The number of aromatic nitrogens is 3. The number of rotatable bonds is 3. The van der Waals surface area contributed by atoms with Gasteiger partial charge in [-0.2, -0.15) is 0 Å². The minimum Gasteiger partial charge on any atom is -0.480 e. The molecule has 1 N–H and O–H groups in total. The molecule has 1 aliphatic heterocycles. The highest BCUT2D eigenvalue weighted by molar-refractivity contribution is 5.85. The van der Waals surface area contributed by atoms with Crippen molar-refractivity contribution in [3.63, 3.8) is 0 Å². The lowest BCUT2D eigenvalue weighted by atomic mass is 10.0. The average Bonchev–Trinajstić information content (AvgIpc) is 3.20. The molecule has 1 unspecified atom stereocenters. The second-order valence-corrected chi connectivity index (χ2v) is 6.78. The van der Waals surface area contributed by atoms with Crippen molar-refractivity contribution in [2.24, 2.45) is 0 Å². The lowest BCUT2D eigenvalue weighted by Gasteiger charge is -2.33. The molecule has 130 valence electrons. The van der Waals surface area contributed by atoms with Crippen molar-refractivity contribution in [3.8, 4) is 0 Å². The molecule has 1 aliphatic carbocycles. The Morgan fingerprint density at radius 1 is 1.24 bits per heavy atom. The van der Waals surface area contributed by atoms with E-state index in [4.69, 9.17) is 0 Å². The summed E-state index contributed by atoms with van der Waals surface area (Å²) in [4.78, 5) is 25.9. The molecule has 0 radical (unpaired) electrons. The highest BCUT2D eigenvalue weighted by Gasteiger charge is 2.36. The standard InChI is InChI=1S/C18H20N4O3/c1-11-19-20-16-10-22(15(18(24)25)9-21(11)16)17(23)8-12-5-6-13-3-2-4-14(13)7-12/h5-7,15H,2-4,8-10H2,1H3,(H,24,25). The molecule has 0 spiro atoms. The largest absolute Gasteiger partial charge is 0.480 e. The fourth-order valence-corrected chi connectivity index (χ4v) is 3.80. The maximum atomic E-state index is 12.8. The van der Waals surface area contributed by atoms with E-state index in [0.29, 0.717) is 11.6 Å². The summed E-state index contributed by atoms with van der Waals surface area (Å²) in [6.45, 7) is 2.17. The van der Waals surface area contributed by atoms with E-state index in [-0.39, 0.29) is 25.4 Å². The summed E-state index contributed by atoms with van der Waals surface area (Å²) < 4.78 is 1.78. The van der Waals surface area contributed by atoms with Gasteiger partial charge in [-0.25, -0.2) is 4.79 Å². The third kappa shape index (κ3) is 2.79. The smallest absolute Gasteiger partial charge is 0.328 e. The monoisotopic (exact) mass is 340 g/mol. The molecule has 1 aromatic heterocycles. The summed E-state index contributed by atoms with van der Waals surface area (Å²) in [7, 11) is 0. The Bertz CT molecular complexity index is 858. The summed E-state index contributed by atoms with van der Waals surface area (Å²) >= 11 is 0. The van der Waals surface area contributed by atoms with Crippen molar-refractivity contribution < 1.29 is 14.7 Å². The number of aryl methyl sites for hydroxylation is 3. The van der Waals surface area contributed by atoms with Crippen LogP contribution in [-0.2, 0) is 41.9 Å². The first-order valence-electron chi connectivity index (χ1n) is 8.54. The number of carboxylic acid groups (broad SMARTS) is 1. The average molecular weight is 340 g/mol. The van der Waals surface area contributed by atoms with Crippen LogP contribution in [0.15, 0.2) is 18.2 Å². The van der Waals surface area contributed by atoms with Gasteiger partial charge in [0.15, 0.2) is 5.82 Å². The van der Waals surface area contributed by atoms with Crippen LogP contribution in [0.2, 0.25) is 0 Å². The summed E-state index contributed by atoms with van der Waals surface area (Å²) in [6, 6.07) is 5.28. The number of aliphatic carboxylic acids is 1. The van der Waals surface area contributed by atoms with Crippen LogP contribution in [0.25, 0.3) is 0 Å². The predicted octanol–water partition coefficient (Wildman–Crippen LogP) is 1.11. The highest BCUT2D eigenvalue weighted by Crippen LogP contribution is 2.24. The van der Waals surface area contributed by atoms with E-state index in [2.05, 4.69) is 22.3 Å². The summed E-state index contributed by atoms with van der Waals surface area (Å²) in [5.74, 6) is 0.127. The van der Waals surface area contributed by atoms with Gasteiger partial charge in [0.05, 0.1) is 19.5 Å². The molecule has 0 bridgehead atoms. The molecule has 7 nitrogen and oxygen atoms in total. The molecule has 2 aliphatic rings. The van der Waals surface area contributed by atoms with Crippen LogP contribution in [0.3, 0.4) is 0 Å². The molecular formula is C18H20N4O3. The van der Waals surface area contributed by atoms with Crippen LogP contribution in [0.1, 0.15) is 34.8 Å². The summed E-state index contributed by atoms with van der Waals surface area (Å²) in [6.07, 6.45) is 3.53. The van der Waals surface area contributed by atoms with E-state index in [0.717, 1.165) is 24.8 Å².